The third-order valence-corrected chi connectivity index (χ3v) is 5.60. The highest BCUT2D eigenvalue weighted by atomic mass is 32.1. The summed E-state index contributed by atoms with van der Waals surface area (Å²) in [7, 11) is 1.93. The molecule has 0 unspecified atom stereocenters. The van der Waals surface area contributed by atoms with Gasteiger partial charge in [-0.2, -0.15) is 0 Å². The van der Waals surface area contributed by atoms with Gasteiger partial charge in [0.15, 0.2) is 10.9 Å². The van der Waals surface area contributed by atoms with Gasteiger partial charge in [0.25, 0.3) is 0 Å². The van der Waals surface area contributed by atoms with E-state index >= 15 is 4.39 Å². The summed E-state index contributed by atoms with van der Waals surface area (Å²) in [5, 5.41) is 10.9. The van der Waals surface area contributed by atoms with Crippen LogP contribution >= 0.6 is 11.3 Å². The molecule has 1 N–H and O–H groups in total. The van der Waals surface area contributed by atoms with Crippen LogP contribution in [0, 0.1) is 11.6 Å². The maximum absolute atomic E-state index is 15.6. The standard InChI is InChI=1S/C18H16F2N4O3S/c1-22-3-5-23(6-4-22)15-12(19)8-10-14(13(15)20)24(18-21-2-7-28-18)9-11(16(10)25)17(26)27/h2,7-9H,3-6H2,1H3,(H,26,27). The molecule has 7 nitrogen and oxygen atoms in total. The number of likely N-dealkylation sites (N-methyl/N-ethyl adjacent to an activating group) is 1. The molecule has 1 aromatic carbocycles. The van der Waals surface area contributed by atoms with E-state index in [-0.39, 0.29) is 21.7 Å². The van der Waals surface area contributed by atoms with Crippen molar-refractivity contribution in [2.24, 2.45) is 0 Å². The van der Waals surface area contributed by atoms with Crippen LogP contribution in [0.3, 0.4) is 0 Å². The van der Waals surface area contributed by atoms with Crippen molar-refractivity contribution in [3.63, 3.8) is 0 Å². The second kappa shape index (κ2) is 6.95. The lowest BCUT2D eigenvalue weighted by molar-refractivity contribution is 0.0695. The smallest absolute Gasteiger partial charge is 0.341 e. The molecule has 4 rings (SSSR count). The lowest BCUT2D eigenvalue weighted by atomic mass is 10.1. The fourth-order valence-electron chi connectivity index (χ4n) is 3.36. The first-order chi connectivity index (χ1) is 13.4. The van der Waals surface area contributed by atoms with Crippen molar-refractivity contribution >= 4 is 33.9 Å². The van der Waals surface area contributed by atoms with E-state index in [0.29, 0.717) is 26.2 Å². The molecule has 0 amide bonds. The lowest BCUT2D eigenvalue weighted by Gasteiger charge is -2.34. The van der Waals surface area contributed by atoms with Gasteiger partial charge in [0.05, 0.1) is 10.9 Å². The van der Waals surface area contributed by atoms with Gasteiger partial charge in [0.2, 0.25) is 5.43 Å². The largest absolute Gasteiger partial charge is 0.477 e. The number of piperazine rings is 1. The van der Waals surface area contributed by atoms with E-state index in [1.807, 2.05) is 7.05 Å². The number of carbonyl (C=O) groups is 1. The summed E-state index contributed by atoms with van der Waals surface area (Å²) in [4.78, 5) is 31.8. The first-order valence-electron chi connectivity index (χ1n) is 8.52. The van der Waals surface area contributed by atoms with Crippen LogP contribution in [0.25, 0.3) is 16.0 Å². The van der Waals surface area contributed by atoms with Gasteiger partial charge in [-0.25, -0.2) is 18.6 Å². The number of aromatic carboxylic acids is 1. The number of aromatic nitrogens is 2. The molecule has 1 fully saturated rings. The van der Waals surface area contributed by atoms with Crippen molar-refractivity contribution in [3.8, 4) is 5.13 Å². The molecular formula is C18H16F2N4O3S. The van der Waals surface area contributed by atoms with Crippen LogP contribution in [0.4, 0.5) is 14.5 Å². The quantitative estimate of drug-likeness (QED) is 0.718. The molecule has 0 bridgehead atoms. The summed E-state index contributed by atoms with van der Waals surface area (Å²) >= 11 is 1.15. The molecule has 0 spiro atoms. The Morgan fingerprint density at radius 1 is 1.25 bits per heavy atom. The van der Waals surface area contributed by atoms with Crippen molar-refractivity contribution < 1.29 is 18.7 Å². The van der Waals surface area contributed by atoms with Crippen LogP contribution in [-0.4, -0.2) is 58.8 Å². The molecular weight excluding hydrogens is 390 g/mol. The minimum absolute atomic E-state index is 0.180. The Kier molecular flexibility index (Phi) is 4.60. The van der Waals surface area contributed by atoms with Gasteiger partial charge in [0.1, 0.15) is 17.1 Å². The molecule has 10 heteroatoms. The van der Waals surface area contributed by atoms with Crippen molar-refractivity contribution in [1.29, 1.82) is 0 Å². The Morgan fingerprint density at radius 2 is 1.96 bits per heavy atom. The number of hydrogen-bond donors (Lipinski definition) is 1. The Hall–Kier alpha value is -2.85. The number of benzene rings is 1. The normalized spacial score (nSPS) is 15.3. The number of carboxylic acid groups (broad SMARTS) is 1. The lowest BCUT2D eigenvalue weighted by Crippen LogP contribution is -2.45. The Morgan fingerprint density at radius 3 is 2.57 bits per heavy atom. The summed E-state index contributed by atoms with van der Waals surface area (Å²) in [5.74, 6) is -3.26. The Bertz CT molecular complexity index is 1120. The highest BCUT2D eigenvalue weighted by Gasteiger charge is 2.27. The second-order valence-corrected chi connectivity index (χ2v) is 7.44. The molecule has 1 aliphatic rings. The number of carboxylic acids is 1. The first kappa shape index (κ1) is 18.5. The number of anilines is 1. The van der Waals surface area contributed by atoms with Gasteiger partial charge in [0, 0.05) is 44.0 Å². The monoisotopic (exact) mass is 406 g/mol. The summed E-state index contributed by atoms with van der Waals surface area (Å²) in [5.41, 5.74) is -1.90. The fourth-order valence-corrected chi connectivity index (χ4v) is 3.99. The van der Waals surface area contributed by atoms with Crippen LogP contribution in [0.5, 0.6) is 0 Å². The zero-order valence-electron chi connectivity index (χ0n) is 14.9. The second-order valence-electron chi connectivity index (χ2n) is 6.57. The molecule has 0 atom stereocenters. The first-order valence-corrected chi connectivity index (χ1v) is 9.40. The van der Waals surface area contributed by atoms with Gasteiger partial charge >= 0.3 is 5.97 Å². The number of nitrogens with zero attached hydrogens (tertiary/aromatic N) is 4. The van der Waals surface area contributed by atoms with Crippen molar-refractivity contribution in [2.75, 3.05) is 38.1 Å². The predicted octanol–water partition coefficient (Wildman–Crippen LogP) is 2.18. The van der Waals surface area contributed by atoms with Crippen LogP contribution in [0.2, 0.25) is 0 Å². The maximum atomic E-state index is 15.6. The van der Waals surface area contributed by atoms with Crippen molar-refractivity contribution in [2.45, 2.75) is 0 Å². The molecule has 1 saturated heterocycles. The molecule has 0 saturated carbocycles. The van der Waals surface area contributed by atoms with Gasteiger partial charge < -0.3 is 14.9 Å². The van der Waals surface area contributed by atoms with E-state index in [1.165, 1.54) is 10.8 Å². The molecule has 3 aromatic rings. The highest BCUT2D eigenvalue weighted by Crippen LogP contribution is 2.32. The molecule has 3 heterocycles. The number of fused-ring (bicyclic) bond motifs is 1. The summed E-state index contributed by atoms with van der Waals surface area (Å²) < 4.78 is 31.6. The van der Waals surface area contributed by atoms with Gasteiger partial charge in [-0.05, 0) is 13.1 Å². The topological polar surface area (TPSA) is 78.7 Å². The van der Waals surface area contributed by atoms with Crippen molar-refractivity contribution in [3.05, 3.63) is 51.3 Å². The molecule has 2 aromatic heterocycles. The summed E-state index contributed by atoms with van der Waals surface area (Å²) in [6.45, 7) is 2.16. The van der Waals surface area contributed by atoms with E-state index in [4.69, 9.17) is 0 Å². The molecule has 146 valence electrons. The van der Waals surface area contributed by atoms with E-state index in [0.717, 1.165) is 23.6 Å². The molecule has 0 aliphatic carbocycles. The zero-order valence-corrected chi connectivity index (χ0v) is 15.7. The highest BCUT2D eigenvalue weighted by molar-refractivity contribution is 7.12. The van der Waals surface area contributed by atoms with E-state index in [2.05, 4.69) is 9.88 Å². The predicted molar refractivity (Wildman–Crippen MR) is 102 cm³/mol. The van der Waals surface area contributed by atoms with Gasteiger partial charge in [-0.1, -0.05) is 0 Å². The van der Waals surface area contributed by atoms with Crippen LogP contribution in [0.15, 0.2) is 28.6 Å². The zero-order chi connectivity index (χ0) is 20.0. The number of rotatable bonds is 3. The number of pyridine rings is 1. The van der Waals surface area contributed by atoms with Gasteiger partial charge in [-0.3, -0.25) is 9.36 Å². The minimum atomic E-state index is -1.47. The minimum Gasteiger partial charge on any atom is -0.477 e. The van der Waals surface area contributed by atoms with E-state index < -0.39 is 28.6 Å². The van der Waals surface area contributed by atoms with E-state index in [9.17, 15) is 19.1 Å². The number of thiazole rings is 1. The molecule has 28 heavy (non-hydrogen) atoms. The summed E-state index contributed by atoms with van der Waals surface area (Å²) in [6, 6.07) is 0.922. The summed E-state index contributed by atoms with van der Waals surface area (Å²) in [6.07, 6.45) is 2.52. The van der Waals surface area contributed by atoms with Crippen LogP contribution < -0.4 is 10.3 Å². The third kappa shape index (κ3) is 2.94. The maximum Gasteiger partial charge on any atom is 0.341 e. The van der Waals surface area contributed by atoms with Gasteiger partial charge in [-0.15, -0.1) is 11.3 Å². The average molecular weight is 406 g/mol. The SMILES string of the molecule is CN1CCN(c2c(F)cc3c(=O)c(C(=O)O)cn(-c4nccs4)c3c2F)CC1. The fraction of sp³-hybridized carbons (Fsp3) is 0.278. The molecule has 0 radical (unpaired) electrons. The average Bonchev–Trinajstić information content (AvgIpc) is 3.18. The van der Waals surface area contributed by atoms with E-state index in [1.54, 1.807) is 10.3 Å². The van der Waals surface area contributed by atoms with Crippen LogP contribution in [-0.2, 0) is 0 Å². The molecule has 1 aliphatic heterocycles. The van der Waals surface area contributed by atoms with Crippen molar-refractivity contribution in [1.82, 2.24) is 14.5 Å². The third-order valence-electron chi connectivity index (χ3n) is 4.83. The van der Waals surface area contributed by atoms with Crippen LogP contribution in [0.1, 0.15) is 10.4 Å². The number of halogens is 2. The Balaban J connectivity index is 2.04. The Labute approximate surface area is 162 Å². The number of hydrogen-bond acceptors (Lipinski definition) is 6.